The van der Waals surface area contributed by atoms with E-state index in [0.717, 1.165) is 12.0 Å². The summed E-state index contributed by atoms with van der Waals surface area (Å²) in [5.74, 6) is -0.693. The van der Waals surface area contributed by atoms with Gasteiger partial charge in [0.1, 0.15) is 5.92 Å². The molecule has 86 valence electrons. The number of aryl methyl sites for hydroxylation is 1. The SMILES string of the molecule is CCCC(C#N)C(=O)NCc1ccn(C)c1. The van der Waals surface area contributed by atoms with E-state index in [1.165, 1.54) is 0 Å². The lowest BCUT2D eigenvalue weighted by Gasteiger charge is -2.08. The van der Waals surface area contributed by atoms with Crippen LogP contribution in [0.4, 0.5) is 0 Å². The molecule has 0 bridgehead atoms. The average Bonchev–Trinajstić information content (AvgIpc) is 2.68. The highest BCUT2D eigenvalue weighted by atomic mass is 16.1. The molecule has 4 heteroatoms. The van der Waals surface area contributed by atoms with Gasteiger partial charge in [-0.2, -0.15) is 5.26 Å². The van der Waals surface area contributed by atoms with Crippen LogP contribution in [-0.2, 0) is 18.4 Å². The van der Waals surface area contributed by atoms with Crippen LogP contribution in [0.25, 0.3) is 0 Å². The molecular weight excluding hydrogens is 202 g/mol. The van der Waals surface area contributed by atoms with E-state index in [1.54, 1.807) is 0 Å². The number of carbonyl (C=O) groups excluding carboxylic acids is 1. The lowest BCUT2D eigenvalue weighted by Crippen LogP contribution is -2.29. The lowest BCUT2D eigenvalue weighted by atomic mass is 10.1. The third kappa shape index (κ3) is 3.43. The summed E-state index contributed by atoms with van der Waals surface area (Å²) in [4.78, 5) is 11.6. The Hall–Kier alpha value is -1.76. The van der Waals surface area contributed by atoms with Crippen molar-refractivity contribution >= 4 is 5.91 Å². The van der Waals surface area contributed by atoms with Gasteiger partial charge in [0, 0.05) is 26.0 Å². The van der Waals surface area contributed by atoms with E-state index in [4.69, 9.17) is 5.26 Å². The van der Waals surface area contributed by atoms with Crippen molar-refractivity contribution in [2.45, 2.75) is 26.3 Å². The second-order valence-corrected chi connectivity index (χ2v) is 3.87. The minimum Gasteiger partial charge on any atom is -0.357 e. The Morgan fingerprint density at radius 2 is 2.44 bits per heavy atom. The van der Waals surface area contributed by atoms with Crippen molar-refractivity contribution in [1.82, 2.24) is 9.88 Å². The summed E-state index contributed by atoms with van der Waals surface area (Å²) >= 11 is 0. The van der Waals surface area contributed by atoms with Crippen molar-refractivity contribution in [3.05, 3.63) is 24.0 Å². The molecule has 0 spiro atoms. The maximum absolute atomic E-state index is 11.6. The molecule has 0 radical (unpaired) electrons. The largest absolute Gasteiger partial charge is 0.357 e. The van der Waals surface area contributed by atoms with Crippen molar-refractivity contribution in [1.29, 1.82) is 5.26 Å². The van der Waals surface area contributed by atoms with E-state index >= 15 is 0 Å². The van der Waals surface area contributed by atoms with Crippen LogP contribution in [0.5, 0.6) is 0 Å². The number of hydrogen-bond donors (Lipinski definition) is 1. The van der Waals surface area contributed by atoms with Crippen molar-refractivity contribution in [3.8, 4) is 6.07 Å². The molecule has 0 aliphatic rings. The third-order valence-corrected chi connectivity index (χ3v) is 2.41. The highest BCUT2D eigenvalue weighted by Crippen LogP contribution is 2.06. The van der Waals surface area contributed by atoms with Gasteiger partial charge in [-0.3, -0.25) is 4.79 Å². The number of carbonyl (C=O) groups is 1. The smallest absolute Gasteiger partial charge is 0.237 e. The van der Waals surface area contributed by atoms with Gasteiger partial charge in [0.15, 0.2) is 0 Å². The molecule has 1 unspecified atom stereocenters. The molecule has 0 saturated carbocycles. The molecule has 1 amide bonds. The third-order valence-electron chi connectivity index (χ3n) is 2.41. The van der Waals surface area contributed by atoms with Gasteiger partial charge in [0.25, 0.3) is 0 Å². The maximum Gasteiger partial charge on any atom is 0.237 e. The molecule has 0 aromatic carbocycles. The summed E-state index contributed by atoms with van der Waals surface area (Å²) in [5.41, 5.74) is 1.05. The van der Waals surface area contributed by atoms with Gasteiger partial charge in [0.2, 0.25) is 5.91 Å². The fraction of sp³-hybridized carbons (Fsp3) is 0.500. The van der Waals surface area contributed by atoms with Crippen LogP contribution in [0.1, 0.15) is 25.3 Å². The predicted octanol–water partition coefficient (Wildman–Crippen LogP) is 1.58. The summed E-state index contributed by atoms with van der Waals surface area (Å²) in [5, 5.41) is 11.6. The molecule has 1 rings (SSSR count). The maximum atomic E-state index is 11.6. The first-order chi connectivity index (χ1) is 7.67. The van der Waals surface area contributed by atoms with Gasteiger partial charge in [-0.05, 0) is 18.1 Å². The molecule has 0 fully saturated rings. The monoisotopic (exact) mass is 219 g/mol. The predicted molar refractivity (Wildman–Crippen MR) is 61.3 cm³/mol. The van der Waals surface area contributed by atoms with E-state index in [9.17, 15) is 4.79 Å². The highest BCUT2D eigenvalue weighted by molar-refractivity contribution is 5.80. The average molecular weight is 219 g/mol. The van der Waals surface area contributed by atoms with Crippen molar-refractivity contribution in [2.75, 3.05) is 0 Å². The first kappa shape index (κ1) is 12.3. The van der Waals surface area contributed by atoms with E-state index in [0.29, 0.717) is 13.0 Å². The second kappa shape index (κ2) is 5.96. The van der Waals surface area contributed by atoms with Crippen LogP contribution in [0.15, 0.2) is 18.5 Å². The summed E-state index contributed by atoms with van der Waals surface area (Å²) in [7, 11) is 1.93. The van der Waals surface area contributed by atoms with Crippen LogP contribution in [-0.4, -0.2) is 10.5 Å². The lowest BCUT2D eigenvalue weighted by molar-refractivity contribution is -0.123. The Labute approximate surface area is 95.9 Å². The molecular formula is C12H17N3O. The number of nitrogens with zero attached hydrogens (tertiary/aromatic N) is 2. The molecule has 0 saturated heterocycles. The molecule has 1 aromatic rings. The molecule has 16 heavy (non-hydrogen) atoms. The fourth-order valence-corrected chi connectivity index (χ4v) is 1.52. The van der Waals surface area contributed by atoms with Crippen LogP contribution < -0.4 is 5.32 Å². The molecule has 1 atom stereocenters. The Bertz CT molecular complexity index is 389. The zero-order chi connectivity index (χ0) is 12.0. The van der Waals surface area contributed by atoms with Gasteiger partial charge in [0.05, 0.1) is 6.07 Å². The fourth-order valence-electron chi connectivity index (χ4n) is 1.52. The van der Waals surface area contributed by atoms with Crippen LogP contribution in [0.2, 0.25) is 0 Å². The minimum atomic E-state index is -0.520. The number of nitrogens with one attached hydrogen (secondary N) is 1. The summed E-state index contributed by atoms with van der Waals surface area (Å²) in [6.45, 7) is 2.45. The molecule has 1 heterocycles. The Morgan fingerprint density at radius 3 is 2.94 bits per heavy atom. The van der Waals surface area contributed by atoms with E-state index in [-0.39, 0.29) is 5.91 Å². The number of rotatable bonds is 5. The standard InChI is InChI=1S/C12H17N3O/c1-3-4-11(7-13)12(16)14-8-10-5-6-15(2)9-10/h5-6,9,11H,3-4,8H2,1-2H3,(H,14,16). The summed E-state index contributed by atoms with van der Waals surface area (Å²) in [6, 6.07) is 3.97. The molecule has 0 aliphatic carbocycles. The first-order valence-corrected chi connectivity index (χ1v) is 5.45. The highest BCUT2D eigenvalue weighted by Gasteiger charge is 2.15. The molecule has 1 aromatic heterocycles. The van der Waals surface area contributed by atoms with E-state index in [2.05, 4.69) is 5.32 Å². The normalized spacial score (nSPS) is 11.8. The van der Waals surface area contributed by atoms with Crippen molar-refractivity contribution in [2.24, 2.45) is 13.0 Å². The summed E-state index contributed by atoms with van der Waals surface area (Å²) < 4.78 is 1.93. The second-order valence-electron chi connectivity index (χ2n) is 3.87. The topological polar surface area (TPSA) is 57.8 Å². The minimum absolute atomic E-state index is 0.173. The van der Waals surface area contributed by atoms with Crippen LogP contribution in [0.3, 0.4) is 0 Å². The zero-order valence-corrected chi connectivity index (χ0v) is 9.73. The zero-order valence-electron chi connectivity index (χ0n) is 9.73. The molecule has 4 nitrogen and oxygen atoms in total. The molecule has 1 N–H and O–H groups in total. The van der Waals surface area contributed by atoms with Crippen molar-refractivity contribution < 1.29 is 4.79 Å². The van der Waals surface area contributed by atoms with Gasteiger partial charge in [-0.25, -0.2) is 0 Å². The van der Waals surface area contributed by atoms with E-state index in [1.807, 2.05) is 43.1 Å². The van der Waals surface area contributed by atoms with E-state index < -0.39 is 5.92 Å². The molecule has 0 aliphatic heterocycles. The number of hydrogen-bond acceptors (Lipinski definition) is 2. The van der Waals surface area contributed by atoms with Crippen molar-refractivity contribution in [3.63, 3.8) is 0 Å². The first-order valence-electron chi connectivity index (χ1n) is 5.45. The number of aromatic nitrogens is 1. The number of nitriles is 1. The summed E-state index contributed by atoms with van der Waals surface area (Å²) in [6.07, 6.45) is 5.34. The quantitative estimate of drug-likeness (QED) is 0.817. The Balaban J connectivity index is 2.43. The Kier molecular flexibility index (Phi) is 4.59. The van der Waals surface area contributed by atoms with Gasteiger partial charge >= 0.3 is 0 Å². The van der Waals surface area contributed by atoms with Gasteiger partial charge in [-0.15, -0.1) is 0 Å². The van der Waals surface area contributed by atoms with Crippen LogP contribution >= 0.6 is 0 Å². The number of amides is 1. The van der Waals surface area contributed by atoms with Crippen LogP contribution in [0, 0.1) is 17.2 Å². The Morgan fingerprint density at radius 1 is 1.69 bits per heavy atom. The van der Waals surface area contributed by atoms with Gasteiger partial charge in [-0.1, -0.05) is 13.3 Å². The van der Waals surface area contributed by atoms with Gasteiger partial charge < -0.3 is 9.88 Å².